The van der Waals surface area contributed by atoms with Gasteiger partial charge in [-0.25, -0.2) is 4.39 Å². The maximum Gasteiger partial charge on any atom is 0.419 e. The highest BCUT2D eigenvalue weighted by Crippen LogP contribution is 2.44. The van der Waals surface area contributed by atoms with E-state index in [1.807, 2.05) is 47.3 Å². The number of ether oxygens (including phenoxy) is 3. The number of alkyl halides is 3. The molecule has 0 bridgehead atoms. The van der Waals surface area contributed by atoms with E-state index in [9.17, 15) is 22.7 Å². The Kier molecular flexibility index (Phi) is 14.6. The molecule has 326 valence electrons. The number of hydrogen-bond acceptors (Lipinski definition) is 7. The predicted molar refractivity (Wildman–Crippen MR) is 229 cm³/mol. The second-order valence-corrected chi connectivity index (χ2v) is 17.0. The summed E-state index contributed by atoms with van der Waals surface area (Å²) in [5, 5.41) is 17.8. The Hall–Kier alpha value is -4.62. The molecule has 0 aliphatic carbocycles. The van der Waals surface area contributed by atoms with Gasteiger partial charge in [0.05, 0.1) is 18.4 Å². The van der Waals surface area contributed by atoms with E-state index in [1.54, 1.807) is 0 Å². The summed E-state index contributed by atoms with van der Waals surface area (Å²) in [7, 11) is 0. The first kappa shape index (κ1) is 44.4. The van der Waals surface area contributed by atoms with E-state index in [-0.39, 0.29) is 18.8 Å². The second kappa shape index (κ2) is 20.0. The van der Waals surface area contributed by atoms with Gasteiger partial charge in [0.2, 0.25) is 0 Å². The fraction of sp³-hybridized carbons (Fsp3) is 0.438. The molecule has 2 N–H and O–H groups in total. The number of hydrogen-bond donors (Lipinski definition) is 2. The topological polar surface area (TPSA) is 81.0 Å². The molecule has 2 aliphatic rings. The third-order valence-corrected chi connectivity index (χ3v) is 12.0. The summed E-state index contributed by atoms with van der Waals surface area (Å²) in [6, 6.07) is 23.2. The normalized spacial score (nSPS) is 15.5. The average Bonchev–Trinajstić information content (AvgIpc) is 3.85. The van der Waals surface area contributed by atoms with Gasteiger partial charge in [0.15, 0.2) is 11.5 Å². The molecule has 5 aromatic rings. The molecule has 2 aliphatic heterocycles. The molecule has 0 saturated carbocycles. The first-order valence-electron chi connectivity index (χ1n) is 21.3. The van der Waals surface area contributed by atoms with Crippen LogP contribution in [0.1, 0.15) is 84.4 Å². The highest BCUT2D eigenvalue weighted by Gasteiger charge is 2.44. The standard InChI is InChI=1S/C48H55ClF4N4O4/c1-33(2)41(38-11-13-40(49)14-12-38)31-56-22-18-47(19-23-56)60-45-17-10-35(27-46(45)61-47)6-7-37-28-55-57(30-37)21-4-3-5-34-9-16-44(39(25-34)29-54-20-24-58)59-32-36-8-15-43(50)42(26-36)48(51,52)53/h8-17,25-28,30,33,41,54,58H,3-7,18-24,29,31-32H2,1-2H3/t41-/m0/s1. The molecule has 13 heteroatoms. The second-order valence-electron chi connectivity index (χ2n) is 16.6. The summed E-state index contributed by atoms with van der Waals surface area (Å²) in [5.41, 5.74) is 4.51. The number of aryl methyl sites for hydroxylation is 4. The molecule has 1 saturated heterocycles. The third kappa shape index (κ3) is 11.9. The summed E-state index contributed by atoms with van der Waals surface area (Å²) in [4.78, 5) is 2.53. The van der Waals surface area contributed by atoms with E-state index in [2.05, 4.69) is 59.6 Å². The van der Waals surface area contributed by atoms with Gasteiger partial charge in [-0.3, -0.25) is 4.68 Å². The van der Waals surface area contributed by atoms with Crippen molar-refractivity contribution in [2.75, 3.05) is 32.8 Å². The molecule has 0 radical (unpaired) electrons. The Morgan fingerprint density at radius 2 is 1.59 bits per heavy atom. The zero-order valence-electron chi connectivity index (χ0n) is 34.8. The van der Waals surface area contributed by atoms with E-state index < -0.39 is 23.3 Å². The lowest BCUT2D eigenvalue weighted by atomic mass is 9.87. The Labute approximate surface area is 360 Å². The van der Waals surface area contributed by atoms with Crippen LogP contribution in [0.15, 0.2) is 91.3 Å². The Balaban J connectivity index is 0.850. The number of nitrogens with one attached hydrogen (secondary N) is 1. The van der Waals surface area contributed by atoms with Gasteiger partial charge in [-0.1, -0.05) is 61.8 Å². The van der Waals surface area contributed by atoms with E-state index in [0.717, 1.165) is 111 Å². The Bertz CT molecular complexity index is 2200. The number of piperidine rings is 1. The Morgan fingerprint density at radius 1 is 0.869 bits per heavy atom. The van der Waals surface area contributed by atoms with Gasteiger partial charge < -0.3 is 29.5 Å². The molecule has 0 unspecified atom stereocenters. The SMILES string of the molecule is CC(C)[C@H](CN1CCC2(CC1)Oc1ccc(CCc3cnn(CCCCc4ccc(OCc5ccc(F)c(C(F)(F)F)c5)c(CNCCO)c4)c3)cc1O2)c1ccc(Cl)cc1. The van der Waals surface area contributed by atoms with E-state index in [4.69, 9.17) is 25.8 Å². The summed E-state index contributed by atoms with van der Waals surface area (Å²) in [5.74, 6) is 1.17. The van der Waals surface area contributed by atoms with E-state index in [0.29, 0.717) is 30.7 Å². The minimum Gasteiger partial charge on any atom is -0.489 e. The molecule has 0 amide bonds. The molecule has 7 rings (SSSR count). The minimum absolute atomic E-state index is 0.0352. The maximum absolute atomic E-state index is 13.8. The van der Waals surface area contributed by atoms with Gasteiger partial charge in [-0.2, -0.15) is 18.3 Å². The zero-order chi connectivity index (χ0) is 43.0. The fourth-order valence-corrected chi connectivity index (χ4v) is 8.35. The van der Waals surface area contributed by atoms with Crippen LogP contribution >= 0.6 is 11.6 Å². The number of rotatable bonds is 19. The number of halogens is 5. The van der Waals surface area contributed by atoms with E-state index >= 15 is 0 Å². The molecule has 3 heterocycles. The average molecular weight is 863 g/mol. The smallest absolute Gasteiger partial charge is 0.419 e. The van der Waals surface area contributed by atoms with Crippen LogP contribution in [0.2, 0.25) is 5.02 Å². The van der Waals surface area contributed by atoms with Crippen molar-refractivity contribution >= 4 is 11.6 Å². The molecular formula is C48H55ClF4N4O4. The van der Waals surface area contributed by atoms with Crippen molar-refractivity contribution in [2.24, 2.45) is 5.92 Å². The van der Waals surface area contributed by atoms with Gasteiger partial charge >= 0.3 is 6.18 Å². The highest BCUT2D eigenvalue weighted by atomic mass is 35.5. The molecule has 1 aromatic heterocycles. The van der Waals surface area contributed by atoms with Gasteiger partial charge in [-0.15, -0.1) is 0 Å². The molecule has 4 aromatic carbocycles. The third-order valence-electron chi connectivity index (χ3n) is 11.7. The number of likely N-dealkylation sites (tertiary alicyclic amines) is 1. The van der Waals surface area contributed by atoms with Gasteiger partial charge in [0.1, 0.15) is 18.2 Å². The minimum atomic E-state index is -4.79. The maximum atomic E-state index is 13.8. The lowest BCUT2D eigenvalue weighted by Gasteiger charge is -2.39. The lowest BCUT2D eigenvalue weighted by Crippen LogP contribution is -2.50. The van der Waals surface area contributed by atoms with Gasteiger partial charge in [0, 0.05) is 68.9 Å². The van der Waals surface area contributed by atoms with Crippen molar-refractivity contribution in [3.8, 4) is 17.2 Å². The lowest BCUT2D eigenvalue weighted by molar-refractivity contribution is -0.140. The van der Waals surface area contributed by atoms with Crippen molar-refractivity contribution < 1.29 is 36.9 Å². The molecule has 1 spiro atoms. The predicted octanol–water partition coefficient (Wildman–Crippen LogP) is 10.2. The monoisotopic (exact) mass is 862 g/mol. The van der Waals surface area contributed by atoms with Crippen LogP contribution in [-0.2, 0) is 45.1 Å². The zero-order valence-corrected chi connectivity index (χ0v) is 35.6. The number of aromatic nitrogens is 2. The van der Waals surface area contributed by atoms with Crippen LogP contribution in [0.3, 0.4) is 0 Å². The summed E-state index contributed by atoms with van der Waals surface area (Å²) in [6.07, 6.45) is 5.27. The molecule has 1 atom stereocenters. The van der Waals surface area contributed by atoms with Gasteiger partial charge in [-0.05, 0) is 114 Å². The number of fused-ring (bicyclic) bond motifs is 1. The van der Waals surface area contributed by atoms with E-state index in [1.165, 1.54) is 22.8 Å². The first-order chi connectivity index (χ1) is 29.4. The summed E-state index contributed by atoms with van der Waals surface area (Å²) in [6.45, 7) is 8.78. The number of nitrogens with zero attached hydrogens (tertiary/aromatic N) is 3. The van der Waals surface area contributed by atoms with Crippen LogP contribution in [0.25, 0.3) is 0 Å². The van der Waals surface area contributed by atoms with Crippen molar-refractivity contribution in [1.29, 1.82) is 0 Å². The molecular weight excluding hydrogens is 808 g/mol. The molecule has 1 fully saturated rings. The van der Waals surface area contributed by atoms with Crippen molar-refractivity contribution in [3.05, 3.63) is 141 Å². The fourth-order valence-electron chi connectivity index (χ4n) is 8.22. The van der Waals surface area contributed by atoms with Gasteiger partial charge in [0.25, 0.3) is 5.79 Å². The number of aliphatic hydroxyl groups excluding tert-OH is 1. The van der Waals surface area contributed by atoms with Crippen molar-refractivity contribution in [3.63, 3.8) is 0 Å². The van der Waals surface area contributed by atoms with Crippen LogP contribution in [0, 0.1) is 11.7 Å². The quantitative estimate of drug-likeness (QED) is 0.0632. The molecule has 61 heavy (non-hydrogen) atoms. The summed E-state index contributed by atoms with van der Waals surface area (Å²) >= 11 is 6.16. The highest BCUT2D eigenvalue weighted by molar-refractivity contribution is 6.30. The number of unbranched alkanes of at least 4 members (excludes halogenated alkanes) is 1. The summed E-state index contributed by atoms with van der Waals surface area (Å²) < 4.78 is 74.3. The number of benzene rings is 4. The van der Waals surface area contributed by atoms with Crippen molar-refractivity contribution in [2.45, 2.75) is 96.4 Å². The van der Waals surface area contributed by atoms with Crippen LogP contribution in [-0.4, -0.2) is 58.4 Å². The largest absolute Gasteiger partial charge is 0.489 e. The Morgan fingerprint density at radius 3 is 2.34 bits per heavy atom. The first-order valence-corrected chi connectivity index (χ1v) is 21.7. The number of aliphatic hydroxyl groups is 1. The van der Waals surface area contributed by atoms with Crippen LogP contribution in [0.5, 0.6) is 17.2 Å². The van der Waals surface area contributed by atoms with Crippen LogP contribution < -0.4 is 19.5 Å². The van der Waals surface area contributed by atoms with Crippen LogP contribution in [0.4, 0.5) is 17.6 Å². The molecule has 8 nitrogen and oxygen atoms in total. The van der Waals surface area contributed by atoms with Crippen molar-refractivity contribution in [1.82, 2.24) is 20.0 Å².